The molecule has 2 N–H and O–H groups in total. The number of carbonyl (C=O) groups excluding carboxylic acids is 1. The van der Waals surface area contributed by atoms with Crippen molar-refractivity contribution in [2.24, 2.45) is 0 Å². The van der Waals surface area contributed by atoms with Crippen LogP contribution in [0.15, 0.2) is 18.2 Å². The van der Waals surface area contributed by atoms with Gasteiger partial charge in [0.15, 0.2) is 0 Å². The van der Waals surface area contributed by atoms with E-state index in [4.69, 9.17) is 10.5 Å². The number of ether oxygens (including phenoxy) is 1. The third-order valence-electron chi connectivity index (χ3n) is 1.76. The number of carbonyl (C=O) groups is 1. The Labute approximate surface area is 83.6 Å². The summed E-state index contributed by atoms with van der Waals surface area (Å²) in [5, 5.41) is 0. The maximum absolute atomic E-state index is 12.1. The molecule has 0 spiro atoms. The Hall–Kier alpha value is -1.72. The molecular formula is C9H8F3NO2. The molecule has 0 radical (unpaired) electrons. The van der Waals surface area contributed by atoms with Gasteiger partial charge in [0.2, 0.25) is 0 Å². The molecule has 15 heavy (non-hydrogen) atoms. The second-order valence-corrected chi connectivity index (χ2v) is 2.78. The van der Waals surface area contributed by atoms with Crippen LogP contribution >= 0.6 is 0 Å². The van der Waals surface area contributed by atoms with E-state index in [9.17, 15) is 18.0 Å². The van der Waals surface area contributed by atoms with E-state index in [-0.39, 0.29) is 5.69 Å². The third kappa shape index (κ3) is 2.39. The lowest BCUT2D eigenvalue weighted by Gasteiger charge is -2.08. The summed E-state index contributed by atoms with van der Waals surface area (Å²) in [6, 6.07) is 3.40. The molecule has 0 fully saturated rings. The zero-order chi connectivity index (χ0) is 11.6. The zero-order valence-electron chi connectivity index (χ0n) is 7.76. The van der Waals surface area contributed by atoms with Crippen LogP contribution in [-0.4, -0.2) is 19.1 Å². The number of hydrogen-bond acceptors (Lipinski definition) is 3. The number of nitrogen functional groups attached to an aromatic ring is 1. The maximum atomic E-state index is 12.1. The molecule has 3 nitrogen and oxygen atoms in total. The standard InChI is InChI=1S/C9H8F3NO2/c1-15-5-2-3-6(7(13)4-5)8(14)9(10,11)12/h2-4H,13H2,1H3. The van der Waals surface area contributed by atoms with E-state index >= 15 is 0 Å². The second-order valence-electron chi connectivity index (χ2n) is 2.78. The van der Waals surface area contributed by atoms with Crippen LogP contribution in [0, 0.1) is 0 Å². The van der Waals surface area contributed by atoms with Gasteiger partial charge in [-0.1, -0.05) is 0 Å². The van der Waals surface area contributed by atoms with Crippen LogP contribution in [0.25, 0.3) is 0 Å². The van der Waals surface area contributed by atoms with Gasteiger partial charge < -0.3 is 10.5 Å². The summed E-state index contributed by atoms with van der Waals surface area (Å²) in [6.07, 6.45) is -4.91. The Morgan fingerprint density at radius 3 is 2.40 bits per heavy atom. The normalized spacial score (nSPS) is 11.2. The Bertz CT molecular complexity index is 387. The van der Waals surface area contributed by atoms with Gasteiger partial charge in [0.05, 0.1) is 12.7 Å². The van der Waals surface area contributed by atoms with Crippen LogP contribution in [0.4, 0.5) is 18.9 Å². The molecule has 0 atom stereocenters. The highest BCUT2D eigenvalue weighted by molar-refractivity contribution is 6.04. The lowest BCUT2D eigenvalue weighted by Crippen LogP contribution is -2.23. The van der Waals surface area contributed by atoms with E-state index in [1.165, 1.54) is 19.2 Å². The average molecular weight is 219 g/mol. The number of methoxy groups -OCH3 is 1. The first kappa shape index (κ1) is 11.4. The first-order valence-corrected chi connectivity index (χ1v) is 3.91. The molecule has 82 valence electrons. The van der Waals surface area contributed by atoms with E-state index in [0.717, 1.165) is 6.07 Å². The van der Waals surface area contributed by atoms with E-state index in [1.807, 2.05) is 0 Å². The predicted molar refractivity (Wildman–Crippen MR) is 47.8 cm³/mol. The fourth-order valence-electron chi connectivity index (χ4n) is 1.03. The topological polar surface area (TPSA) is 52.3 Å². The Balaban J connectivity index is 3.12. The highest BCUT2D eigenvalue weighted by Gasteiger charge is 2.40. The molecule has 0 heterocycles. The van der Waals surface area contributed by atoms with Crippen LogP contribution in [0.2, 0.25) is 0 Å². The van der Waals surface area contributed by atoms with Gasteiger partial charge in [-0.25, -0.2) is 0 Å². The Morgan fingerprint density at radius 2 is 2.00 bits per heavy atom. The first-order chi connectivity index (χ1) is 6.86. The lowest BCUT2D eigenvalue weighted by atomic mass is 10.1. The van der Waals surface area contributed by atoms with Crippen molar-refractivity contribution in [3.8, 4) is 5.75 Å². The molecule has 0 amide bonds. The van der Waals surface area contributed by atoms with Crippen LogP contribution in [0.5, 0.6) is 5.75 Å². The van der Waals surface area contributed by atoms with Crippen LogP contribution < -0.4 is 10.5 Å². The quantitative estimate of drug-likeness (QED) is 0.611. The minimum absolute atomic E-state index is 0.253. The van der Waals surface area contributed by atoms with E-state index in [0.29, 0.717) is 5.75 Å². The number of Topliss-reactive ketones (excluding diaryl/α,β-unsaturated/α-hetero) is 1. The van der Waals surface area contributed by atoms with Gasteiger partial charge in [-0.15, -0.1) is 0 Å². The smallest absolute Gasteiger partial charge is 0.454 e. The van der Waals surface area contributed by atoms with Gasteiger partial charge in [-0.3, -0.25) is 4.79 Å². The number of benzene rings is 1. The Kier molecular flexibility index (Phi) is 2.88. The second kappa shape index (κ2) is 3.80. The summed E-state index contributed by atoms with van der Waals surface area (Å²) in [4.78, 5) is 10.8. The summed E-state index contributed by atoms with van der Waals surface area (Å²) in [6.45, 7) is 0. The SMILES string of the molecule is COc1ccc(C(=O)C(F)(F)F)c(N)c1. The van der Waals surface area contributed by atoms with Gasteiger partial charge >= 0.3 is 6.18 Å². The number of hydrogen-bond donors (Lipinski definition) is 1. The highest BCUT2D eigenvalue weighted by Crippen LogP contribution is 2.27. The summed E-state index contributed by atoms with van der Waals surface area (Å²) >= 11 is 0. The van der Waals surface area contributed by atoms with Crippen molar-refractivity contribution in [1.29, 1.82) is 0 Å². The molecule has 0 bridgehead atoms. The summed E-state index contributed by atoms with van der Waals surface area (Å²) in [7, 11) is 1.35. The van der Waals surface area contributed by atoms with Gasteiger partial charge in [-0.05, 0) is 12.1 Å². The predicted octanol–water partition coefficient (Wildman–Crippen LogP) is 2.02. The zero-order valence-corrected chi connectivity index (χ0v) is 7.76. The largest absolute Gasteiger partial charge is 0.497 e. The highest BCUT2D eigenvalue weighted by atomic mass is 19.4. The minimum atomic E-state index is -4.91. The van der Waals surface area contributed by atoms with E-state index in [2.05, 4.69) is 0 Å². The fourth-order valence-corrected chi connectivity index (χ4v) is 1.03. The van der Waals surface area contributed by atoms with Crippen LogP contribution in [0.3, 0.4) is 0 Å². The van der Waals surface area contributed by atoms with Gasteiger partial charge in [0, 0.05) is 11.8 Å². The number of rotatable bonds is 2. The van der Waals surface area contributed by atoms with Crippen molar-refractivity contribution in [3.63, 3.8) is 0 Å². The molecule has 0 unspecified atom stereocenters. The molecule has 0 saturated heterocycles. The summed E-state index contributed by atoms with van der Waals surface area (Å²) in [5.41, 5.74) is 4.47. The van der Waals surface area contributed by atoms with E-state index < -0.39 is 17.5 Å². The van der Waals surface area contributed by atoms with Crippen LogP contribution in [-0.2, 0) is 0 Å². The fraction of sp³-hybridized carbons (Fsp3) is 0.222. The van der Waals surface area contributed by atoms with Crippen molar-refractivity contribution >= 4 is 11.5 Å². The number of alkyl halides is 3. The summed E-state index contributed by atoms with van der Waals surface area (Å²) < 4.78 is 40.9. The Morgan fingerprint density at radius 1 is 1.40 bits per heavy atom. The molecular weight excluding hydrogens is 211 g/mol. The summed E-state index contributed by atoms with van der Waals surface area (Å²) in [5.74, 6) is -1.66. The van der Waals surface area contributed by atoms with Crippen molar-refractivity contribution in [1.82, 2.24) is 0 Å². The van der Waals surface area contributed by atoms with Crippen molar-refractivity contribution in [2.45, 2.75) is 6.18 Å². The molecule has 1 aromatic rings. The third-order valence-corrected chi connectivity index (χ3v) is 1.76. The van der Waals surface area contributed by atoms with Crippen molar-refractivity contribution < 1.29 is 22.7 Å². The minimum Gasteiger partial charge on any atom is -0.497 e. The average Bonchev–Trinajstić information content (AvgIpc) is 2.15. The number of nitrogens with two attached hydrogens (primary N) is 1. The molecule has 1 rings (SSSR count). The van der Waals surface area contributed by atoms with Crippen molar-refractivity contribution in [3.05, 3.63) is 23.8 Å². The van der Waals surface area contributed by atoms with E-state index in [1.54, 1.807) is 0 Å². The monoisotopic (exact) mass is 219 g/mol. The van der Waals surface area contributed by atoms with Crippen LogP contribution in [0.1, 0.15) is 10.4 Å². The molecule has 6 heteroatoms. The molecule has 0 saturated carbocycles. The number of halogens is 3. The molecule has 0 aliphatic heterocycles. The lowest BCUT2D eigenvalue weighted by molar-refractivity contribution is -0.0884. The first-order valence-electron chi connectivity index (χ1n) is 3.91. The van der Waals surface area contributed by atoms with Gasteiger partial charge in [-0.2, -0.15) is 13.2 Å². The molecule has 0 aliphatic carbocycles. The van der Waals surface area contributed by atoms with Gasteiger partial charge in [0.1, 0.15) is 5.75 Å². The number of anilines is 1. The molecule has 0 aliphatic rings. The number of ketones is 1. The molecule has 0 aromatic heterocycles. The van der Waals surface area contributed by atoms with Crippen molar-refractivity contribution in [2.75, 3.05) is 12.8 Å². The van der Waals surface area contributed by atoms with Gasteiger partial charge in [0.25, 0.3) is 5.78 Å². The maximum Gasteiger partial charge on any atom is 0.454 e. The molecule has 1 aromatic carbocycles.